The molecule has 1 aliphatic rings. The lowest BCUT2D eigenvalue weighted by Gasteiger charge is -2.29. The van der Waals surface area contributed by atoms with Gasteiger partial charge in [-0.2, -0.15) is 5.10 Å². The lowest BCUT2D eigenvalue weighted by atomic mass is 9.83. The van der Waals surface area contributed by atoms with Crippen molar-refractivity contribution < 1.29 is 0 Å². The quantitative estimate of drug-likeness (QED) is 0.840. The number of nitrogens with one attached hydrogen (secondary N) is 1. The van der Waals surface area contributed by atoms with Gasteiger partial charge in [0.2, 0.25) is 0 Å². The van der Waals surface area contributed by atoms with Gasteiger partial charge in [-0.3, -0.25) is 4.68 Å². The first kappa shape index (κ1) is 15.6. The van der Waals surface area contributed by atoms with Gasteiger partial charge in [-0.25, -0.2) is 0 Å². The highest BCUT2D eigenvalue weighted by Gasteiger charge is 2.24. The molecule has 1 N–H and O–H groups in total. The van der Waals surface area contributed by atoms with Crippen LogP contribution in [0.25, 0.3) is 0 Å². The Labute approximate surface area is 124 Å². The lowest BCUT2D eigenvalue weighted by molar-refractivity contribution is 0.288. The summed E-state index contributed by atoms with van der Waals surface area (Å²) < 4.78 is 2.05. The van der Waals surface area contributed by atoms with Gasteiger partial charge in [-0.05, 0) is 38.6 Å². The minimum Gasteiger partial charge on any atom is -0.310 e. The Balaban J connectivity index is 2.07. The van der Waals surface area contributed by atoms with Gasteiger partial charge in [0.1, 0.15) is 0 Å². The van der Waals surface area contributed by atoms with Crippen LogP contribution in [0.3, 0.4) is 0 Å². The zero-order chi connectivity index (χ0) is 14.2. The Morgan fingerprint density at radius 1 is 1.20 bits per heavy atom. The van der Waals surface area contributed by atoms with Crippen molar-refractivity contribution in [3.63, 3.8) is 0 Å². The van der Waals surface area contributed by atoms with Crippen LogP contribution in [0, 0.1) is 5.92 Å². The summed E-state index contributed by atoms with van der Waals surface area (Å²) in [6, 6.07) is 0.508. The smallest absolute Gasteiger partial charge is 0.0537 e. The Bertz CT molecular complexity index is 364. The number of rotatable bonds is 6. The van der Waals surface area contributed by atoms with Crippen molar-refractivity contribution in [2.45, 2.75) is 77.8 Å². The molecule has 0 bridgehead atoms. The first-order valence-electron chi connectivity index (χ1n) is 8.60. The van der Waals surface area contributed by atoms with E-state index in [-0.39, 0.29) is 0 Å². The highest BCUT2D eigenvalue weighted by atomic mass is 15.3. The molecular formula is C17H31N3. The number of aryl methyl sites for hydroxylation is 1. The third kappa shape index (κ3) is 4.34. The molecule has 1 aromatic heterocycles. The molecule has 1 saturated carbocycles. The normalized spacial score (nSPS) is 19.5. The number of hydrogen-bond donors (Lipinski definition) is 1. The van der Waals surface area contributed by atoms with Crippen molar-refractivity contribution in [1.29, 1.82) is 0 Å². The Hall–Kier alpha value is -0.830. The highest BCUT2D eigenvalue weighted by Crippen LogP contribution is 2.32. The van der Waals surface area contributed by atoms with Crippen molar-refractivity contribution in [2.75, 3.05) is 6.54 Å². The molecule has 0 aliphatic heterocycles. The fourth-order valence-corrected chi connectivity index (χ4v) is 3.39. The van der Waals surface area contributed by atoms with Crippen molar-refractivity contribution in [2.24, 2.45) is 5.92 Å². The van der Waals surface area contributed by atoms with Gasteiger partial charge < -0.3 is 5.32 Å². The molecule has 20 heavy (non-hydrogen) atoms. The summed E-state index contributed by atoms with van der Waals surface area (Å²) in [4.78, 5) is 0. The van der Waals surface area contributed by atoms with Gasteiger partial charge in [0, 0.05) is 24.3 Å². The SMILES string of the molecule is CCCNC(c1cnn(CC)c1)C1CCCCCCC1. The summed E-state index contributed by atoms with van der Waals surface area (Å²) in [5.41, 5.74) is 1.39. The molecule has 1 fully saturated rings. The van der Waals surface area contributed by atoms with E-state index >= 15 is 0 Å². The Morgan fingerprint density at radius 3 is 2.50 bits per heavy atom. The fraction of sp³-hybridized carbons (Fsp3) is 0.824. The average Bonchev–Trinajstić information content (AvgIpc) is 2.89. The molecule has 1 aromatic rings. The van der Waals surface area contributed by atoms with E-state index in [1.165, 1.54) is 56.9 Å². The van der Waals surface area contributed by atoms with Gasteiger partial charge in [0.15, 0.2) is 0 Å². The van der Waals surface area contributed by atoms with E-state index in [4.69, 9.17) is 0 Å². The van der Waals surface area contributed by atoms with E-state index in [9.17, 15) is 0 Å². The molecule has 1 aliphatic carbocycles. The monoisotopic (exact) mass is 277 g/mol. The number of hydrogen-bond acceptors (Lipinski definition) is 2. The van der Waals surface area contributed by atoms with Gasteiger partial charge in [-0.1, -0.05) is 39.0 Å². The van der Waals surface area contributed by atoms with Crippen LogP contribution in [-0.4, -0.2) is 16.3 Å². The molecule has 2 rings (SSSR count). The summed E-state index contributed by atoms with van der Waals surface area (Å²) >= 11 is 0. The van der Waals surface area contributed by atoms with Crippen LogP contribution < -0.4 is 5.32 Å². The van der Waals surface area contributed by atoms with E-state index in [0.717, 1.165) is 19.0 Å². The van der Waals surface area contributed by atoms with Crippen LogP contribution in [0.4, 0.5) is 0 Å². The van der Waals surface area contributed by atoms with Crippen molar-refractivity contribution >= 4 is 0 Å². The Kier molecular flexibility index (Phi) is 6.58. The minimum absolute atomic E-state index is 0.508. The van der Waals surface area contributed by atoms with Crippen LogP contribution in [0.15, 0.2) is 12.4 Å². The third-order valence-electron chi connectivity index (χ3n) is 4.57. The van der Waals surface area contributed by atoms with Crippen LogP contribution in [0.2, 0.25) is 0 Å². The molecule has 0 aromatic carbocycles. The topological polar surface area (TPSA) is 29.9 Å². The van der Waals surface area contributed by atoms with Gasteiger partial charge in [-0.15, -0.1) is 0 Å². The molecule has 3 nitrogen and oxygen atoms in total. The second-order valence-corrected chi connectivity index (χ2v) is 6.17. The largest absolute Gasteiger partial charge is 0.310 e. The van der Waals surface area contributed by atoms with Gasteiger partial charge in [0.05, 0.1) is 6.20 Å². The molecule has 0 saturated heterocycles. The summed E-state index contributed by atoms with van der Waals surface area (Å²) in [6.45, 7) is 6.47. The van der Waals surface area contributed by atoms with E-state index < -0.39 is 0 Å². The van der Waals surface area contributed by atoms with Crippen LogP contribution in [0.1, 0.15) is 76.8 Å². The molecule has 0 radical (unpaired) electrons. The summed E-state index contributed by atoms with van der Waals surface area (Å²) in [5, 5.41) is 8.26. The summed E-state index contributed by atoms with van der Waals surface area (Å²) in [5.74, 6) is 0.788. The van der Waals surface area contributed by atoms with Crippen LogP contribution in [0.5, 0.6) is 0 Å². The summed E-state index contributed by atoms with van der Waals surface area (Å²) in [7, 11) is 0. The van der Waals surface area contributed by atoms with E-state index in [2.05, 4.69) is 41.3 Å². The summed E-state index contributed by atoms with van der Waals surface area (Å²) in [6.07, 6.45) is 15.3. The second-order valence-electron chi connectivity index (χ2n) is 6.17. The second kappa shape index (κ2) is 8.46. The van der Waals surface area contributed by atoms with Crippen LogP contribution >= 0.6 is 0 Å². The van der Waals surface area contributed by atoms with Gasteiger partial charge >= 0.3 is 0 Å². The van der Waals surface area contributed by atoms with Crippen molar-refractivity contribution in [1.82, 2.24) is 15.1 Å². The maximum Gasteiger partial charge on any atom is 0.0537 e. The van der Waals surface area contributed by atoms with E-state index in [1.54, 1.807) is 0 Å². The van der Waals surface area contributed by atoms with E-state index in [0.29, 0.717) is 6.04 Å². The third-order valence-corrected chi connectivity index (χ3v) is 4.57. The molecule has 0 spiro atoms. The van der Waals surface area contributed by atoms with Gasteiger partial charge in [0.25, 0.3) is 0 Å². The maximum atomic E-state index is 4.48. The predicted octanol–water partition coefficient (Wildman–Crippen LogP) is 4.30. The fourth-order valence-electron chi connectivity index (χ4n) is 3.39. The molecule has 3 heteroatoms. The zero-order valence-electron chi connectivity index (χ0n) is 13.3. The van der Waals surface area contributed by atoms with Crippen molar-refractivity contribution in [3.05, 3.63) is 18.0 Å². The Morgan fingerprint density at radius 2 is 1.90 bits per heavy atom. The first-order valence-corrected chi connectivity index (χ1v) is 8.60. The lowest BCUT2D eigenvalue weighted by Crippen LogP contribution is -2.29. The molecule has 0 amide bonds. The molecular weight excluding hydrogens is 246 g/mol. The maximum absolute atomic E-state index is 4.48. The highest BCUT2D eigenvalue weighted by molar-refractivity contribution is 5.12. The predicted molar refractivity (Wildman–Crippen MR) is 84.7 cm³/mol. The van der Waals surface area contributed by atoms with Crippen LogP contribution in [-0.2, 0) is 6.54 Å². The number of nitrogens with zero attached hydrogens (tertiary/aromatic N) is 2. The molecule has 1 atom stereocenters. The van der Waals surface area contributed by atoms with Crippen molar-refractivity contribution in [3.8, 4) is 0 Å². The average molecular weight is 277 g/mol. The first-order chi connectivity index (χ1) is 9.85. The minimum atomic E-state index is 0.508. The van der Waals surface area contributed by atoms with E-state index in [1.807, 2.05) is 0 Å². The molecule has 114 valence electrons. The standard InChI is InChI=1S/C17H31N3/c1-3-12-18-17(16-13-19-20(4-2)14-16)15-10-8-6-5-7-9-11-15/h13-15,17-18H,3-12H2,1-2H3. The molecule has 1 heterocycles. The number of aromatic nitrogens is 2. The molecule has 1 unspecified atom stereocenters. The zero-order valence-corrected chi connectivity index (χ0v) is 13.3.